The van der Waals surface area contributed by atoms with Gasteiger partial charge in [0.15, 0.2) is 0 Å². The highest BCUT2D eigenvalue weighted by Crippen LogP contribution is 2.39. The Labute approximate surface area is 235 Å². The van der Waals surface area contributed by atoms with Crippen LogP contribution in [0.4, 0.5) is 10.5 Å². The van der Waals surface area contributed by atoms with Gasteiger partial charge in [0, 0.05) is 23.6 Å². The summed E-state index contributed by atoms with van der Waals surface area (Å²) in [4.78, 5) is 39.1. The van der Waals surface area contributed by atoms with Crippen LogP contribution in [0.15, 0.2) is 77.1 Å². The highest BCUT2D eigenvalue weighted by Gasteiger charge is 2.36. The van der Waals surface area contributed by atoms with Crippen LogP contribution in [0.5, 0.6) is 0 Å². The second kappa shape index (κ2) is 13.3. The summed E-state index contributed by atoms with van der Waals surface area (Å²) in [6.07, 6.45) is 4.35. The number of likely N-dealkylation sites (tertiary alicyclic amines) is 1. The van der Waals surface area contributed by atoms with E-state index >= 15 is 0 Å². The van der Waals surface area contributed by atoms with Crippen molar-refractivity contribution in [3.05, 3.63) is 88.3 Å². The predicted octanol–water partition coefficient (Wildman–Crippen LogP) is 4.56. The largest absolute Gasteiger partial charge is 0.478 e. The van der Waals surface area contributed by atoms with Crippen molar-refractivity contribution in [2.24, 2.45) is 5.92 Å². The van der Waals surface area contributed by atoms with Crippen LogP contribution in [-0.4, -0.2) is 59.3 Å². The summed E-state index contributed by atoms with van der Waals surface area (Å²) < 4.78 is 0. The second-order valence-electron chi connectivity index (χ2n) is 10.6. The molecule has 2 amide bonds. The van der Waals surface area contributed by atoms with E-state index in [1.165, 1.54) is 18.4 Å². The third-order valence-corrected chi connectivity index (χ3v) is 7.71. The lowest BCUT2D eigenvalue weighted by Crippen LogP contribution is -2.37. The van der Waals surface area contributed by atoms with Crippen LogP contribution in [0, 0.1) is 5.92 Å². The SMILES string of the molecule is CC1=C(C(=O)O)C(c2cccc(NC(=O)NCCCN3CCC(Cc4ccccc4)CC3)c2)C(C(=O)O)=C(C)N1. The Hall–Kier alpha value is -4.11. The number of allylic oxidation sites excluding steroid dienone is 2. The maximum absolute atomic E-state index is 12.6. The number of carboxylic acids is 2. The lowest BCUT2D eigenvalue weighted by molar-refractivity contribution is -0.133. The fourth-order valence-electron chi connectivity index (χ4n) is 5.73. The molecule has 0 spiro atoms. The molecule has 0 unspecified atom stereocenters. The average molecular weight is 547 g/mol. The van der Waals surface area contributed by atoms with E-state index in [1.54, 1.807) is 38.1 Å². The molecular weight excluding hydrogens is 508 g/mol. The number of carbonyl (C=O) groups excluding carboxylic acids is 1. The molecule has 2 heterocycles. The molecule has 2 aromatic rings. The summed E-state index contributed by atoms with van der Waals surface area (Å²) in [6.45, 7) is 6.83. The first-order chi connectivity index (χ1) is 19.2. The molecule has 9 nitrogen and oxygen atoms in total. The van der Waals surface area contributed by atoms with Crippen LogP contribution in [-0.2, 0) is 16.0 Å². The molecule has 40 heavy (non-hydrogen) atoms. The van der Waals surface area contributed by atoms with E-state index in [4.69, 9.17) is 0 Å². The molecule has 4 rings (SSSR count). The molecule has 0 aliphatic carbocycles. The van der Waals surface area contributed by atoms with Gasteiger partial charge in [-0.25, -0.2) is 14.4 Å². The molecule has 1 saturated heterocycles. The molecule has 2 aromatic carbocycles. The third-order valence-electron chi connectivity index (χ3n) is 7.71. The van der Waals surface area contributed by atoms with Crippen molar-refractivity contribution in [3.63, 3.8) is 0 Å². The minimum Gasteiger partial charge on any atom is -0.478 e. The van der Waals surface area contributed by atoms with Crippen molar-refractivity contribution in [1.82, 2.24) is 15.5 Å². The van der Waals surface area contributed by atoms with Crippen molar-refractivity contribution in [3.8, 4) is 0 Å². The maximum atomic E-state index is 12.6. The fraction of sp³-hybridized carbons (Fsp3) is 0.387. The van der Waals surface area contributed by atoms with Gasteiger partial charge in [-0.3, -0.25) is 0 Å². The Morgan fingerprint density at radius 2 is 1.57 bits per heavy atom. The molecule has 2 aliphatic rings. The minimum atomic E-state index is -1.20. The van der Waals surface area contributed by atoms with Crippen molar-refractivity contribution >= 4 is 23.7 Å². The number of piperidine rings is 1. The number of hydrogen-bond donors (Lipinski definition) is 5. The lowest BCUT2D eigenvalue weighted by Gasteiger charge is -2.32. The summed E-state index contributed by atoms with van der Waals surface area (Å²) >= 11 is 0. The van der Waals surface area contributed by atoms with Crippen molar-refractivity contribution in [2.75, 3.05) is 31.5 Å². The van der Waals surface area contributed by atoms with Crippen LogP contribution in [0.25, 0.3) is 0 Å². The number of amides is 2. The van der Waals surface area contributed by atoms with Crippen LogP contribution in [0.1, 0.15) is 50.2 Å². The first kappa shape index (κ1) is 28.9. The van der Waals surface area contributed by atoms with E-state index in [2.05, 4.69) is 51.2 Å². The molecule has 212 valence electrons. The maximum Gasteiger partial charge on any atom is 0.334 e. The van der Waals surface area contributed by atoms with E-state index in [9.17, 15) is 24.6 Å². The molecule has 2 aliphatic heterocycles. The predicted molar refractivity (Wildman–Crippen MR) is 154 cm³/mol. The molecule has 0 radical (unpaired) electrons. The summed E-state index contributed by atoms with van der Waals surface area (Å²) in [6, 6.07) is 17.0. The Balaban J connectivity index is 1.26. The van der Waals surface area contributed by atoms with E-state index in [-0.39, 0.29) is 17.2 Å². The number of rotatable bonds is 10. The van der Waals surface area contributed by atoms with Crippen LogP contribution >= 0.6 is 0 Å². The Bertz CT molecular complexity index is 1260. The van der Waals surface area contributed by atoms with Crippen LogP contribution in [0.3, 0.4) is 0 Å². The summed E-state index contributed by atoms with van der Waals surface area (Å²) in [5.74, 6) is -2.64. The molecule has 0 saturated carbocycles. The number of carbonyl (C=O) groups is 3. The van der Waals surface area contributed by atoms with Gasteiger partial charge < -0.3 is 31.1 Å². The first-order valence-electron chi connectivity index (χ1n) is 13.8. The summed E-state index contributed by atoms with van der Waals surface area (Å²) in [5, 5.41) is 28.2. The zero-order chi connectivity index (χ0) is 28.6. The third kappa shape index (κ3) is 7.30. The van der Waals surface area contributed by atoms with E-state index < -0.39 is 17.9 Å². The average Bonchev–Trinajstić information content (AvgIpc) is 2.92. The van der Waals surface area contributed by atoms with Crippen molar-refractivity contribution in [2.45, 2.75) is 45.4 Å². The zero-order valence-electron chi connectivity index (χ0n) is 23.1. The zero-order valence-corrected chi connectivity index (χ0v) is 23.1. The molecule has 5 N–H and O–H groups in total. The standard InChI is InChI=1S/C31H38N4O5/c1-20-26(29(36)37)28(27(30(38)39)21(2)33-20)24-10-6-11-25(19-24)34-31(40)32-14-7-15-35-16-12-23(13-17-35)18-22-8-4-3-5-9-22/h3-6,8-11,19,23,28,33H,7,12-18H2,1-2H3,(H,36,37)(H,38,39)(H2,32,34,40). The Morgan fingerprint density at radius 3 is 2.20 bits per heavy atom. The van der Waals surface area contributed by atoms with E-state index in [0.29, 0.717) is 29.2 Å². The fourth-order valence-corrected chi connectivity index (χ4v) is 5.73. The van der Waals surface area contributed by atoms with Gasteiger partial charge in [-0.15, -0.1) is 0 Å². The van der Waals surface area contributed by atoms with Gasteiger partial charge in [0.1, 0.15) is 0 Å². The Kier molecular flexibility index (Phi) is 9.60. The highest BCUT2D eigenvalue weighted by molar-refractivity contribution is 5.98. The molecular formula is C31H38N4O5. The van der Waals surface area contributed by atoms with Gasteiger partial charge >= 0.3 is 18.0 Å². The molecule has 0 bridgehead atoms. The number of urea groups is 1. The lowest BCUT2D eigenvalue weighted by atomic mass is 9.80. The second-order valence-corrected chi connectivity index (χ2v) is 10.6. The summed E-state index contributed by atoms with van der Waals surface area (Å²) in [7, 11) is 0. The van der Waals surface area contributed by atoms with Gasteiger partial charge in [-0.2, -0.15) is 0 Å². The van der Waals surface area contributed by atoms with Crippen LogP contribution < -0.4 is 16.0 Å². The number of dihydropyridines is 1. The van der Waals surface area contributed by atoms with Crippen molar-refractivity contribution in [1.29, 1.82) is 0 Å². The Morgan fingerprint density at radius 1 is 0.925 bits per heavy atom. The normalized spacial score (nSPS) is 16.9. The topological polar surface area (TPSA) is 131 Å². The van der Waals surface area contributed by atoms with E-state index in [0.717, 1.165) is 38.4 Å². The monoisotopic (exact) mass is 546 g/mol. The van der Waals surface area contributed by atoms with Gasteiger partial charge in [0.05, 0.1) is 17.1 Å². The minimum absolute atomic E-state index is 0.0336. The number of hydrogen-bond acceptors (Lipinski definition) is 5. The van der Waals surface area contributed by atoms with Crippen LogP contribution in [0.2, 0.25) is 0 Å². The first-order valence-corrected chi connectivity index (χ1v) is 13.8. The van der Waals surface area contributed by atoms with E-state index in [1.807, 2.05) is 0 Å². The number of nitrogens with one attached hydrogen (secondary N) is 3. The molecule has 9 heteroatoms. The quantitative estimate of drug-likeness (QED) is 0.276. The van der Waals surface area contributed by atoms with Gasteiger partial charge in [0.2, 0.25) is 0 Å². The van der Waals surface area contributed by atoms with Gasteiger partial charge in [0.25, 0.3) is 0 Å². The molecule has 1 fully saturated rings. The van der Waals surface area contributed by atoms with Gasteiger partial charge in [-0.05, 0) is 88.3 Å². The number of aliphatic carboxylic acids is 2. The molecule has 0 aromatic heterocycles. The molecule has 0 atom stereocenters. The number of nitrogens with zero attached hydrogens (tertiary/aromatic N) is 1. The van der Waals surface area contributed by atoms with Crippen molar-refractivity contribution < 1.29 is 24.6 Å². The number of carboxylic acid groups (broad SMARTS) is 2. The van der Waals surface area contributed by atoms with Gasteiger partial charge in [-0.1, -0.05) is 42.5 Å². The highest BCUT2D eigenvalue weighted by atomic mass is 16.4. The number of benzene rings is 2. The summed E-state index contributed by atoms with van der Waals surface area (Å²) in [5.41, 5.74) is 3.04. The number of anilines is 1. The smallest absolute Gasteiger partial charge is 0.334 e.